The van der Waals surface area contributed by atoms with Crippen molar-refractivity contribution < 1.29 is 14.7 Å². The average molecular weight is 422 g/mol. The zero-order chi connectivity index (χ0) is 21.6. The molecule has 2 saturated heterocycles. The first-order chi connectivity index (χ1) is 15.1. The number of nitrogens with zero attached hydrogens (tertiary/aromatic N) is 1. The molecule has 6 heteroatoms. The number of aliphatic hydroxyl groups excluding tert-OH is 1. The van der Waals surface area contributed by atoms with Gasteiger partial charge in [0.1, 0.15) is 0 Å². The maximum Gasteiger partial charge on any atom is 0.229 e. The largest absolute Gasteiger partial charge is 0.388 e. The van der Waals surface area contributed by atoms with Gasteiger partial charge in [0.25, 0.3) is 0 Å². The van der Waals surface area contributed by atoms with Gasteiger partial charge >= 0.3 is 0 Å². The Morgan fingerprint density at radius 2 is 1.68 bits per heavy atom. The molecule has 0 radical (unpaired) electrons. The lowest BCUT2D eigenvalue weighted by Gasteiger charge is -2.24. The third-order valence-electron chi connectivity index (χ3n) is 6.44. The first kappa shape index (κ1) is 21.5. The summed E-state index contributed by atoms with van der Waals surface area (Å²) in [5.74, 6) is -0.702. The zero-order valence-electron chi connectivity index (χ0n) is 17.7. The fraction of sp³-hybridized carbons (Fsp3) is 0.440. The summed E-state index contributed by atoms with van der Waals surface area (Å²) in [6.45, 7) is 2.42. The van der Waals surface area contributed by atoms with Crippen LogP contribution in [0.1, 0.15) is 42.5 Å². The van der Waals surface area contributed by atoms with E-state index in [1.807, 2.05) is 65.6 Å². The highest BCUT2D eigenvalue weighted by atomic mass is 16.3. The van der Waals surface area contributed by atoms with Crippen LogP contribution in [0.3, 0.4) is 0 Å². The first-order valence-corrected chi connectivity index (χ1v) is 11.2. The Bertz CT molecular complexity index is 874. The van der Waals surface area contributed by atoms with Crippen molar-refractivity contribution in [3.05, 3.63) is 71.8 Å². The van der Waals surface area contributed by atoms with Crippen molar-refractivity contribution in [1.82, 2.24) is 15.5 Å². The molecule has 164 valence electrons. The van der Waals surface area contributed by atoms with E-state index in [1.165, 1.54) is 0 Å². The van der Waals surface area contributed by atoms with E-state index in [2.05, 4.69) is 10.6 Å². The number of hydrogen-bond donors (Lipinski definition) is 3. The van der Waals surface area contributed by atoms with Crippen molar-refractivity contribution in [3.8, 4) is 0 Å². The van der Waals surface area contributed by atoms with E-state index in [9.17, 15) is 14.7 Å². The summed E-state index contributed by atoms with van der Waals surface area (Å²) in [5, 5.41) is 17.5. The third kappa shape index (κ3) is 5.14. The van der Waals surface area contributed by atoms with Crippen molar-refractivity contribution in [3.63, 3.8) is 0 Å². The molecule has 2 aromatic rings. The van der Waals surface area contributed by atoms with Crippen LogP contribution >= 0.6 is 0 Å². The standard InChI is InChI=1S/C25H31N3O3/c29-22-15-21(18-9-3-1-4-10-18)26-13-7-8-14-28-17-20(16-27-22)23(25(28)31)24(30)19-11-5-2-6-12-19/h1-6,9-12,20-21,23-24,26,30H,7-8,13-17H2,(H,27,29)/t20?,21-,23-,24-/m1/s1. The molecule has 4 atom stereocenters. The minimum atomic E-state index is -0.868. The van der Waals surface area contributed by atoms with Gasteiger partial charge in [0.05, 0.1) is 12.0 Å². The Balaban J connectivity index is 1.50. The third-order valence-corrected chi connectivity index (χ3v) is 6.44. The number of nitrogens with one attached hydrogen (secondary N) is 2. The Kier molecular flexibility index (Phi) is 6.99. The van der Waals surface area contributed by atoms with Gasteiger partial charge in [-0.05, 0) is 30.5 Å². The number of carbonyl (C=O) groups excluding carboxylic acids is 2. The van der Waals surface area contributed by atoms with Crippen molar-refractivity contribution in [2.24, 2.45) is 11.8 Å². The summed E-state index contributed by atoms with van der Waals surface area (Å²) in [6, 6.07) is 19.3. The van der Waals surface area contributed by atoms with Gasteiger partial charge in [0.15, 0.2) is 0 Å². The second-order valence-electron chi connectivity index (χ2n) is 8.56. The minimum Gasteiger partial charge on any atom is -0.388 e. The molecule has 2 aliphatic heterocycles. The Morgan fingerprint density at radius 3 is 2.42 bits per heavy atom. The molecule has 2 bridgehead atoms. The fourth-order valence-electron chi connectivity index (χ4n) is 4.74. The predicted molar refractivity (Wildman–Crippen MR) is 119 cm³/mol. The van der Waals surface area contributed by atoms with Gasteiger partial charge < -0.3 is 20.6 Å². The van der Waals surface area contributed by atoms with Crippen LogP contribution in [-0.2, 0) is 9.59 Å². The highest BCUT2D eigenvalue weighted by Crippen LogP contribution is 2.35. The quantitative estimate of drug-likeness (QED) is 0.711. The van der Waals surface area contributed by atoms with Crippen molar-refractivity contribution in [2.45, 2.75) is 31.4 Å². The zero-order valence-corrected chi connectivity index (χ0v) is 17.7. The monoisotopic (exact) mass is 421 g/mol. The van der Waals surface area contributed by atoms with Crippen LogP contribution in [0.5, 0.6) is 0 Å². The highest BCUT2D eigenvalue weighted by Gasteiger charge is 2.44. The lowest BCUT2D eigenvalue weighted by atomic mass is 9.86. The fourth-order valence-corrected chi connectivity index (χ4v) is 4.74. The number of rotatable bonds is 3. The van der Waals surface area contributed by atoms with Crippen molar-refractivity contribution in [2.75, 3.05) is 26.2 Å². The van der Waals surface area contributed by atoms with Crippen LogP contribution in [-0.4, -0.2) is 48.0 Å². The number of benzene rings is 2. The Hall–Kier alpha value is -2.70. The van der Waals surface area contributed by atoms with Crippen LogP contribution in [0, 0.1) is 11.8 Å². The van der Waals surface area contributed by atoms with Crippen LogP contribution < -0.4 is 10.6 Å². The summed E-state index contributed by atoms with van der Waals surface area (Å²) < 4.78 is 0. The molecule has 0 spiro atoms. The normalized spacial score (nSPS) is 26.4. The molecule has 3 N–H and O–H groups in total. The summed E-state index contributed by atoms with van der Waals surface area (Å²) in [7, 11) is 0. The smallest absolute Gasteiger partial charge is 0.229 e. The van der Waals surface area contributed by atoms with Crippen LogP contribution in [0.15, 0.2) is 60.7 Å². The lowest BCUT2D eigenvalue weighted by Crippen LogP contribution is -2.37. The Labute approximate surface area is 183 Å². The molecule has 0 aliphatic carbocycles. The highest BCUT2D eigenvalue weighted by molar-refractivity contribution is 5.82. The molecule has 31 heavy (non-hydrogen) atoms. The minimum absolute atomic E-state index is 0.0113. The Morgan fingerprint density at radius 1 is 0.968 bits per heavy atom. The molecule has 2 fully saturated rings. The first-order valence-electron chi connectivity index (χ1n) is 11.2. The molecular weight excluding hydrogens is 390 g/mol. The van der Waals surface area contributed by atoms with Gasteiger partial charge in [-0.3, -0.25) is 9.59 Å². The average Bonchev–Trinajstić information content (AvgIpc) is 3.12. The topological polar surface area (TPSA) is 81.7 Å². The molecule has 4 rings (SSSR count). The molecule has 6 nitrogen and oxygen atoms in total. The van der Waals surface area contributed by atoms with E-state index in [0.29, 0.717) is 26.1 Å². The van der Waals surface area contributed by atoms with Gasteiger partial charge in [0.2, 0.25) is 11.8 Å². The second kappa shape index (κ2) is 10.1. The second-order valence-corrected chi connectivity index (χ2v) is 8.56. The molecular formula is C25H31N3O3. The number of amides is 2. The molecule has 2 aliphatic rings. The van der Waals surface area contributed by atoms with Gasteiger partial charge in [-0.25, -0.2) is 0 Å². The maximum absolute atomic E-state index is 13.1. The summed E-state index contributed by atoms with van der Waals surface area (Å²) >= 11 is 0. The lowest BCUT2D eigenvalue weighted by molar-refractivity contribution is -0.135. The molecule has 2 heterocycles. The van der Waals surface area contributed by atoms with Crippen LogP contribution in [0.25, 0.3) is 0 Å². The SMILES string of the molecule is O=C1C[C@H](c2ccccc2)NCCCCN2CC(CN1)[C@H]([C@H](O)c1ccccc1)C2=O. The predicted octanol–water partition coefficient (Wildman–Crippen LogP) is 2.43. The molecule has 0 aromatic heterocycles. The van der Waals surface area contributed by atoms with Gasteiger partial charge in [0, 0.05) is 38.0 Å². The number of hydrogen-bond acceptors (Lipinski definition) is 4. The number of fused-ring (bicyclic) bond motifs is 2. The molecule has 2 aromatic carbocycles. The van der Waals surface area contributed by atoms with Crippen molar-refractivity contribution in [1.29, 1.82) is 0 Å². The number of aliphatic hydroxyl groups is 1. The van der Waals surface area contributed by atoms with Gasteiger partial charge in [-0.2, -0.15) is 0 Å². The van der Waals surface area contributed by atoms with E-state index in [-0.39, 0.29) is 23.8 Å². The van der Waals surface area contributed by atoms with E-state index >= 15 is 0 Å². The molecule has 1 unspecified atom stereocenters. The number of carbonyl (C=O) groups is 2. The van der Waals surface area contributed by atoms with E-state index < -0.39 is 12.0 Å². The van der Waals surface area contributed by atoms with Crippen molar-refractivity contribution >= 4 is 11.8 Å². The summed E-state index contributed by atoms with van der Waals surface area (Å²) in [4.78, 5) is 27.7. The molecule has 2 amide bonds. The molecule has 0 saturated carbocycles. The maximum atomic E-state index is 13.1. The van der Waals surface area contributed by atoms with E-state index in [4.69, 9.17) is 0 Å². The van der Waals surface area contributed by atoms with E-state index in [0.717, 1.165) is 30.5 Å². The summed E-state index contributed by atoms with van der Waals surface area (Å²) in [5.41, 5.74) is 1.85. The van der Waals surface area contributed by atoms with Crippen LogP contribution in [0.4, 0.5) is 0 Å². The van der Waals surface area contributed by atoms with E-state index in [1.54, 1.807) is 0 Å². The van der Waals surface area contributed by atoms with Gasteiger partial charge in [-0.15, -0.1) is 0 Å². The van der Waals surface area contributed by atoms with Crippen LogP contribution in [0.2, 0.25) is 0 Å². The van der Waals surface area contributed by atoms with Gasteiger partial charge in [-0.1, -0.05) is 60.7 Å². The summed E-state index contributed by atoms with van der Waals surface area (Å²) in [6.07, 6.45) is 1.29.